The molecule has 0 saturated carbocycles. The van der Waals surface area contributed by atoms with Crippen molar-refractivity contribution in [3.8, 4) is 11.4 Å². The molecule has 0 bridgehead atoms. The number of imidazole rings is 1. The van der Waals surface area contributed by atoms with Gasteiger partial charge in [-0.25, -0.2) is 4.98 Å². The van der Waals surface area contributed by atoms with Gasteiger partial charge in [-0.3, -0.25) is 9.59 Å². The van der Waals surface area contributed by atoms with Crippen LogP contribution in [0.25, 0.3) is 11.4 Å². The molecule has 6 nitrogen and oxygen atoms in total. The number of rotatable bonds is 4. The average Bonchev–Trinajstić information content (AvgIpc) is 3.14. The van der Waals surface area contributed by atoms with Gasteiger partial charge in [-0.1, -0.05) is 60.7 Å². The number of carbonyl (C=O) groups excluding carboxylic acids is 2. The van der Waals surface area contributed by atoms with Gasteiger partial charge < -0.3 is 14.8 Å². The van der Waals surface area contributed by atoms with Gasteiger partial charge in [-0.15, -0.1) is 0 Å². The van der Waals surface area contributed by atoms with Gasteiger partial charge in [-0.05, 0) is 12.5 Å². The molecule has 148 valence electrons. The van der Waals surface area contributed by atoms with Gasteiger partial charge in [0, 0.05) is 25.6 Å². The van der Waals surface area contributed by atoms with Crippen molar-refractivity contribution in [2.24, 2.45) is 0 Å². The molecule has 1 aromatic heterocycles. The number of nitrogens with zero attached hydrogens (tertiary/aromatic N) is 3. The van der Waals surface area contributed by atoms with E-state index in [1.165, 1.54) is 0 Å². The third-order valence-corrected chi connectivity index (χ3v) is 5.35. The van der Waals surface area contributed by atoms with Crippen LogP contribution in [-0.4, -0.2) is 32.8 Å². The summed E-state index contributed by atoms with van der Waals surface area (Å²) in [6.07, 6.45) is 0. The maximum atomic E-state index is 13.1. The highest BCUT2D eigenvalue weighted by atomic mass is 16.2. The monoisotopic (exact) mass is 388 g/mol. The second-order valence-corrected chi connectivity index (χ2v) is 7.29. The van der Waals surface area contributed by atoms with Crippen LogP contribution in [0.1, 0.15) is 41.6 Å². The zero-order valence-electron chi connectivity index (χ0n) is 16.6. The Kier molecular flexibility index (Phi) is 5.16. The lowest BCUT2D eigenvalue weighted by Gasteiger charge is -2.28. The molecule has 0 radical (unpaired) electrons. The van der Waals surface area contributed by atoms with E-state index in [0.717, 1.165) is 22.6 Å². The van der Waals surface area contributed by atoms with Crippen LogP contribution in [0, 0.1) is 0 Å². The number of hydrogen-bond acceptors (Lipinski definition) is 3. The van der Waals surface area contributed by atoms with E-state index < -0.39 is 0 Å². The molecular formula is C23H24N4O2. The first kappa shape index (κ1) is 18.9. The summed E-state index contributed by atoms with van der Waals surface area (Å²) in [6, 6.07) is 19.5. The van der Waals surface area contributed by atoms with Crippen LogP contribution in [0.2, 0.25) is 0 Å². The zero-order chi connectivity index (χ0) is 20.4. The van der Waals surface area contributed by atoms with Gasteiger partial charge >= 0.3 is 0 Å². The average molecular weight is 388 g/mol. The smallest absolute Gasteiger partial charge is 0.272 e. The minimum Gasteiger partial charge on any atom is -0.344 e. The number of benzene rings is 2. The SMILES string of the molecule is CC(=O)N1CCn2c(-c3ccccc3)nc(C(=O)N[C@@H](C)c3ccccc3)c2C1. The highest BCUT2D eigenvalue weighted by molar-refractivity contribution is 5.94. The molecule has 0 aliphatic carbocycles. The Balaban J connectivity index is 1.70. The Bertz CT molecular complexity index is 1030. The number of amides is 2. The third kappa shape index (κ3) is 3.78. The molecule has 2 heterocycles. The third-order valence-electron chi connectivity index (χ3n) is 5.35. The number of carbonyl (C=O) groups is 2. The molecule has 2 aromatic carbocycles. The van der Waals surface area contributed by atoms with E-state index >= 15 is 0 Å². The summed E-state index contributed by atoms with van der Waals surface area (Å²) >= 11 is 0. The van der Waals surface area contributed by atoms with Gasteiger partial charge in [0.05, 0.1) is 18.3 Å². The van der Waals surface area contributed by atoms with Crippen molar-refractivity contribution in [1.82, 2.24) is 19.8 Å². The zero-order valence-corrected chi connectivity index (χ0v) is 16.6. The normalized spacial score (nSPS) is 14.2. The Labute approximate surface area is 170 Å². The first-order valence-corrected chi connectivity index (χ1v) is 9.80. The Morgan fingerprint density at radius 1 is 1.00 bits per heavy atom. The lowest BCUT2D eigenvalue weighted by molar-refractivity contribution is -0.130. The van der Waals surface area contributed by atoms with E-state index in [9.17, 15) is 9.59 Å². The van der Waals surface area contributed by atoms with Crippen molar-refractivity contribution in [1.29, 1.82) is 0 Å². The molecule has 0 saturated heterocycles. The molecule has 1 atom stereocenters. The molecule has 1 N–H and O–H groups in total. The van der Waals surface area contributed by atoms with Crippen LogP contribution in [0.3, 0.4) is 0 Å². The maximum Gasteiger partial charge on any atom is 0.272 e. The second kappa shape index (κ2) is 7.91. The van der Waals surface area contributed by atoms with Crippen molar-refractivity contribution < 1.29 is 9.59 Å². The quantitative estimate of drug-likeness (QED) is 0.745. The molecule has 29 heavy (non-hydrogen) atoms. The summed E-state index contributed by atoms with van der Waals surface area (Å²) in [5.74, 6) is 0.543. The molecule has 0 spiro atoms. The lowest BCUT2D eigenvalue weighted by atomic mass is 10.1. The van der Waals surface area contributed by atoms with Crippen molar-refractivity contribution >= 4 is 11.8 Å². The molecule has 6 heteroatoms. The summed E-state index contributed by atoms with van der Waals surface area (Å²) in [7, 11) is 0. The number of hydrogen-bond donors (Lipinski definition) is 1. The minimum atomic E-state index is -0.224. The fraction of sp³-hybridized carbons (Fsp3) is 0.261. The van der Waals surface area contributed by atoms with Gasteiger partial charge in [0.15, 0.2) is 5.69 Å². The summed E-state index contributed by atoms with van der Waals surface area (Å²) in [5.41, 5.74) is 3.16. The van der Waals surface area contributed by atoms with E-state index in [0.29, 0.717) is 25.3 Å². The predicted octanol–water partition coefficient (Wildman–Crippen LogP) is 3.40. The van der Waals surface area contributed by atoms with Crippen LogP contribution in [-0.2, 0) is 17.9 Å². The van der Waals surface area contributed by atoms with E-state index in [1.807, 2.05) is 67.6 Å². The standard InChI is InChI=1S/C23H24N4O2/c1-16(18-9-5-3-6-10-18)24-23(29)21-20-15-26(17(2)28)13-14-27(20)22(25-21)19-11-7-4-8-12-19/h3-12,16H,13-15H2,1-2H3,(H,24,29)/t16-/m0/s1. The first-order valence-electron chi connectivity index (χ1n) is 9.80. The topological polar surface area (TPSA) is 67.2 Å². The second-order valence-electron chi connectivity index (χ2n) is 7.29. The van der Waals surface area contributed by atoms with Gasteiger partial charge in [0.2, 0.25) is 5.91 Å². The molecule has 0 unspecified atom stereocenters. The van der Waals surface area contributed by atoms with Gasteiger partial charge in [-0.2, -0.15) is 0 Å². The number of aromatic nitrogens is 2. The van der Waals surface area contributed by atoms with Gasteiger partial charge in [0.25, 0.3) is 5.91 Å². The summed E-state index contributed by atoms with van der Waals surface area (Å²) in [4.78, 5) is 31.5. The Morgan fingerprint density at radius 3 is 2.31 bits per heavy atom. The molecule has 3 aromatic rings. The first-order chi connectivity index (χ1) is 14.0. The van der Waals surface area contributed by atoms with Crippen LogP contribution in [0.15, 0.2) is 60.7 Å². The summed E-state index contributed by atoms with van der Waals surface area (Å²) in [5, 5.41) is 3.05. The molecule has 2 amide bonds. The largest absolute Gasteiger partial charge is 0.344 e. The predicted molar refractivity (Wildman–Crippen MR) is 111 cm³/mol. The van der Waals surface area contributed by atoms with Gasteiger partial charge in [0.1, 0.15) is 5.82 Å². The van der Waals surface area contributed by atoms with Crippen molar-refractivity contribution in [2.45, 2.75) is 33.0 Å². The fourth-order valence-electron chi connectivity index (χ4n) is 3.72. The highest BCUT2D eigenvalue weighted by Gasteiger charge is 2.29. The molecular weight excluding hydrogens is 364 g/mol. The Hall–Kier alpha value is -3.41. The summed E-state index contributed by atoms with van der Waals surface area (Å²) < 4.78 is 2.07. The van der Waals surface area contributed by atoms with Crippen molar-refractivity contribution in [2.75, 3.05) is 6.54 Å². The maximum absolute atomic E-state index is 13.1. The van der Waals surface area contributed by atoms with Crippen molar-refractivity contribution in [3.63, 3.8) is 0 Å². The number of nitrogens with one attached hydrogen (secondary N) is 1. The molecule has 1 aliphatic rings. The number of fused-ring (bicyclic) bond motifs is 1. The van der Waals surface area contributed by atoms with E-state index in [4.69, 9.17) is 4.98 Å². The van der Waals surface area contributed by atoms with Crippen molar-refractivity contribution in [3.05, 3.63) is 77.6 Å². The molecule has 1 aliphatic heterocycles. The fourth-order valence-corrected chi connectivity index (χ4v) is 3.72. The molecule has 0 fully saturated rings. The Morgan fingerprint density at radius 2 is 1.66 bits per heavy atom. The lowest BCUT2D eigenvalue weighted by Crippen LogP contribution is -2.38. The van der Waals surface area contributed by atoms with Crippen LogP contribution in [0.4, 0.5) is 0 Å². The summed E-state index contributed by atoms with van der Waals surface area (Å²) in [6.45, 7) is 5.13. The van der Waals surface area contributed by atoms with Crippen LogP contribution < -0.4 is 5.32 Å². The van der Waals surface area contributed by atoms with Crippen LogP contribution in [0.5, 0.6) is 0 Å². The highest BCUT2D eigenvalue weighted by Crippen LogP contribution is 2.27. The van der Waals surface area contributed by atoms with E-state index in [1.54, 1.807) is 11.8 Å². The minimum absolute atomic E-state index is 0.00252. The molecule has 4 rings (SSSR count). The van der Waals surface area contributed by atoms with E-state index in [2.05, 4.69) is 9.88 Å². The van der Waals surface area contributed by atoms with Crippen LogP contribution >= 0.6 is 0 Å². The van der Waals surface area contributed by atoms with E-state index in [-0.39, 0.29) is 17.9 Å².